The Morgan fingerprint density at radius 1 is 0.852 bits per heavy atom. The maximum Gasteiger partial charge on any atom is 0.303 e. The van der Waals surface area contributed by atoms with Gasteiger partial charge in [-0.05, 0) is 30.5 Å². The first kappa shape index (κ1) is 20.2. The minimum absolute atomic E-state index is 0.133. The lowest BCUT2D eigenvalue weighted by atomic mass is 10.1. The number of hydrogen-bond donors (Lipinski definition) is 3. The molecule has 2 amide bonds. The van der Waals surface area contributed by atoms with Crippen LogP contribution in [0.3, 0.4) is 0 Å². The number of amides is 2. The molecule has 0 saturated heterocycles. The van der Waals surface area contributed by atoms with Gasteiger partial charge in [-0.2, -0.15) is 0 Å². The van der Waals surface area contributed by atoms with E-state index in [1.807, 2.05) is 24.3 Å². The van der Waals surface area contributed by atoms with Gasteiger partial charge in [-0.15, -0.1) is 0 Å². The highest BCUT2D eigenvalue weighted by atomic mass is 16.4. The minimum atomic E-state index is -0.813. The molecule has 0 fully saturated rings. The fraction of sp³-hybridized carbons (Fsp3) is 0.286. The van der Waals surface area contributed by atoms with Crippen LogP contribution in [-0.2, 0) is 9.59 Å². The summed E-state index contributed by atoms with van der Waals surface area (Å²) >= 11 is 0. The number of aliphatic carboxylic acids is 1. The zero-order valence-corrected chi connectivity index (χ0v) is 15.1. The third-order valence-corrected chi connectivity index (χ3v) is 4.07. The van der Waals surface area contributed by atoms with Crippen LogP contribution in [0.2, 0.25) is 0 Å². The van der Waals surface area contributed by atoms with Crippen molar-refractivity contribution in [2.75, 3.05) is 6.54 Å². The number of unbranched alkanes of at least 4 members (excludes halogenated alkanes) is 2. The van der Waals surface area contributed by atoms with E-state index in [1.165, 1.54) is 0 Å². The third kappa shape index (κ3) is 6.93. The molecule has 0 aliphatic rings. The van der Waals surface area contributed by atoms with Gasteiger partial charge in [-0.25, -0.2) is 0 Å². The highest BCUT2D eigenvalue weighted by molar-refractivity contribution is 5.97. The van der Waals surface area contributed by atoms with Crippen molar-refractivity contribution in [1.29, 1.82) is 0 Å². The zero-order valence-electron chi connectivity index (χ0n) is 15.1. The van der Waals surface area contributed by atoms with Gasteiger partial charge in [0.25, 0.3) is 5.91 Å². The van der Waals surface area contributed by atoms with Crippen molar-refractivity contribution in [3.05, 3.63) is 71.8 Å². The Morgan fingerprint density at radius 3 is 2.11 bits per heavy atom. The van der Waals surface area contributed by atoms with Gasteiger partial charge in [0.05, 0.1) is 0 Å². The molecule has 3 N–H and O–H groups in total. The number of hydrogen-bond acceptors (Lipinski definition) is 3. The molecule has 27 heavy (non-hydrogen) atoms. The van der Waals surface area contributed by atoms with Gasteiger partial charge in [0.15, 0.2) is 0 Å². The summed E-state index contributed by atoms with van der Waals surface area (Å²) in [7, 11) is 0. The van der Waals surface area contributed by atoms with Crippen LogP contribution in [-0.4, -0.2) is 29.4 Å². The normalized spacial score (nSPS) is 11.4. The molecule has 0 aromatic heterocycles. The van der Waals surface area contributed by atoms with Gasteiger partial charge in [0.2, 0.25) is 5.91 Å². The highest BCUT2D eigenvalue weighted by Crippen LogP contribution is 2.14. The highest BCUT2D eigenvalue weighted by Gasteiger charge is 2.22. The first-order valence-corrected chi connectivity index (χ1v) is 8.98. The van der Waals surface area contributed by atoms with Crippen molar-refractivity contribution >= 4 is 17.8 Å². The van der Waals surface area contributed by atoms with Crippen molar-refractivity contribution in [3.63, 3.8) is 0 Å². The third-order valence-electron chi connectivity index (χ3n) is 4.07. The summed E-state index contributed by atoms with van der Waals surface area (Å²) in [5, 5.41) is 14.2. The smallest absolute Gasteiger partial charge is 0.303 e. The molecule has 0 aliphatic heterocycles. The lowest BCUT2D eigenvalue weighted by Gasteiger charge is -2.19. The van der Waals surface area contributed by atoms with Crippen LogP contribution in [0.5, 0.6) is 0 Å². The molecule has 0 bridgehead atoms. The Labute approximate surface area is 158 Å². The van der Waals surface area contributed by atoms with Crippen molar-refractivity contribution in [2.45, 2.75) is 31.7 Å². The molecule has 142 valence electrons. The van der Waals surface area contributed by atoms with Crippen LogP contribution >= 0.6 is 0 Å². The van der Waals surface area contributed by atoms with E-state index < -0.39 is 12.0 Å². The second-order valence-electron chi connectivity index (χ2n) is 6.18. The lowest BCUT2D eigenvalue weighted by molar-refractivity contribution is -0.137. The summed E-state index contributed by atoms with van der Waals surface area (Å²) < 4.78 is 0. The monoisotopic (exact) mass is 368 g/mol. The summed E-state index contributed by atoms with van der Waals surface area (Å²) in [6.07, 6.45) is 2.12. The van der Waals surface area contributed by atoms with E-state index in [1.54, 1.807) is 36.4 Å². The predicted octanol–water partition coefficient (Wildman–Crippen LogP) is 2.92. The van der Waals surface area contributed by atoms with Crippen LogP contribution in [0.25, 0.3) is 0 Å². The largest absolute Gasteiger partial charge is 0.481 e. The van der Waals surface area contributed by atoms with E-state index >= 15 is 0 Å². The van der Waals surface area contributed by atoms with Crippen molar-refractivity contribution < 1.29 is 19.5 Å². The Hall–Kier alpha value is -3.15. The van der Waals surface area contributed by atoms with Crippen molar-refractivity contribution in [2.24, 2.45) is 0 Å². The Balaban J connectivity index is 1.95. The first-order valence-electron chi connectivity index (χ1n) is 8.98. The van der Waals surface area contributed by atoms with E-state index in [9.17, 15) is 14.4 Å². The molecular weight excluding hydrogens is 344 g/mol. The number of rotatable bonds is 10. The summed E-state index contributed by atoms with van der Waals surface area (Å²) in [5.41, 5.74) is 1.19. The second-order valence-corrected chi connectivity index (χ2v) is 6.18. The molecule has 0 spiro atoms. The molecular formula is C21H24N2O4. The SMILES string of the molecule is O=C(O)CCCCCNC(=O)C(NC(=O)c1ccccc1)c1ccccc1. The number of carboxylic acids is 1. The molecule has 0 saturated carbocycles. The molecule has 1 atom stereocenters. The molecule has 1 unspecified atom stereocenters. The van der Waals surface area contributed by atoms with Gasteiger partial charge >= 0.3 is 5.97 Å². The summed E-state index contributed by atoms with van der Waals surface area (Å²) in [6.45, 7) is 0.434. The topological polar surface area (TPSA) is 95.5 Å². The summed E-state index contributed by atoms with van der Waals surface area (Å²) in [4.78, 5) is 35.6. The van der Waals surface area contributed by atoms with Crippen molar-refractivity contribution in [3.8, 4) is 0 Å². The maximum atomic E-state index is 12.6. The predicted molar refractivity (Wildman–Crippen MR) is 102 cm³/mol. The van der Waals surface area contributed by atoms with E-state index in [0.717, 1.165) is 6.42 Å². The van der Waals surface area contributed by atoms with Gasteiger partial charge in [-0.3, -0.25) is 14.4 Å². The van der Waals surface area contributed by atoms with E-state index in [0.29, 0.717) is 30.5 Å². The fourth-order valence-electron chi connectivity index (χ4n) is 2.64. The van der Waals surface area contributed by atoms with Gasteiger partial charge in [0.1, 0.15) is 6.04 Å². The number of carbonyl (C=O) groups excluding carboxylic acids is 2. The second kappa shape index (κ2) is 10.8. The van der Waals surface area contributed by atoms with E-state index in [2.05, 4.69) is 10.6 Å². The maximum absolute atomic E-state index is 12.6. The fourth-order valence-corrected chi connectivity index (χ4v) is 2.64. The van der Waals surface area contributed by atoms with E-state index in [4.69, 9.17) is 5.11 Å². The standard InChI is InChI=1S/C21H24N2O4/c24-18(25)14-8-3-9-15-22-21(27)19(16-10-4-1-5-11-16)23-20(26)17-12-6-2-7-13-17/h1-2,4-7,10-13,19H,3,8-9,14-15H2,(H,22,27)(H,23,26)(H,24,25). The van der Waals surface area contributed by atoms with Crippen LogP contribution in [0.1, 0.15) is 47.6 Å². The average molecular weight is 368 g/mol. The zero-order chi connectivity index (χ0) is 19.5. The number of benzene rings is 2. The van der Waals surface area contributed by atoms with Crippen molar-refractivity contribution in [1.82, 2.24) is 10.6 Å². The minimum Gasteiger partial charge on any atom is -0.481 e. The average Bonchev–Trinajstić information content (AvgIpc) is 2.69. The van der Waals surface area contributed by atoms with Crippen LogP contribution in [0.15, 0.2) is 60.7 Å². The molecule has 2 aromatic rings. The lowest BCUT2D eigenvalue weighted by Crippen LogP contribution is -2.40. The number of carboxylic acid groups (broad SMARTS) is 1. The molecule has 6 nitrogen and oxygen atoms in total. The molecule has 0 aliphatic carbocycles. The van der Waals surface area contributed by atoms with Gasteiger partial charge < -0.3 is 15.7 Å². The van der Waals surface area contributed by atoms with Gasteiger partial charge in [-0.1, -0.05) is 55.0 Å². The van der Waals surface area contributed by atoms with Crippen LogP contribution in [0.4, 0.5) is 0 Å². The Bertz CT molecular complexity index is 747. The molecule has 6 heteroatoms. The van der Waals surface area contributed by atoms with Crippen LogP contribution < -0.4 is 10.6 Å². The van der Waals surface area contributed by atoms with Crippen LogP contribution in [0, 0.1) is 0 Å². The summed E-state index contributed by atoms with van der Waals surface area (Å²) in [6, 6.07) is 17.0. The molecule has 0 radical (unpaired) electrons. The molecule has 2 aromatic carbocycles. The molecule has 0 heterocycles. The molecule has 2 rings (SSSR count). The first-order chi connectivity index (χ1) is 13.1. The Kier molecular flexibility index (Phi) is 8.03. The summed E-state index contributed by atoms with van der Waals surface area (Å²) in [5.74, 6) is -1.42. The number of carbonyl (C=O) groups is 3. The van der Waals surface area contributed by atoms with Gasteiger partial charge in [0, 0.05) is 18.5 Å². The number of nitrogens with one attached hydrogen (secondary N) is 2. The van der Waals surface area contributed by atoms with E-state index in [-0.39, 0.29) is 18.2 Å². The Morgan fingerprint density at radius 2 is 1.48 bits per heavy atom. The quantitative estimate of drug-likeness (QED) is 0.562.